The minimum absolute atomic E-state index is 0.194. The van der Waals surface area contributed by atoms with Crippen molar-refractivity contribution in [2.24, 2.45) is 0 Å². The second kappa shape index (κ2) is 6.41. The molecule has 7 heteroatoms. The van der Waals surface area contributed by atoms with E-state index in [2.05, 4.69) is 5.10 Å². The molecule has 1 aromatic heterocycles. The molecule has 0 atom stereocenters. The Morgan fingerprint density at radius 2 is 1.92 bits per heavy atom. The fourth-order valence-corrected chi connectivity index (χ4v) is 2.60. The predicted molar refractivity (Wildman–Crippen MR) is 86.9 cm³/mol. The largest absolute Gasteiger partial charge is 0.478 e. The number of carboxylic acid groups (broad SMARTS) is 1. The first-order valence-corrected chi connectivity index (χ1v) is 7.33. The molecule has 1 heterocycles. The number of fused-ring (bicyclic) bond motifs is 1. The van der Waals surface area contributed by atoms with E-state index in [1.165, 1.54) is 47.2 Å². The van der Waals surface area contributed by atoms with Gasteiger partial charge in [0.15, 0.2) is 0 Å². The number of hydrogen-bond acceptors (Lipinski definition) is 2. The normalized spacial score (nSPS) is 11.5. The van der Waals surface area contributed by atoms with Crippen LogP contribution in [0, 0.1) is 11.6 Å². The molecule has 0 fully saturated rings. The van der Waals surface area contributed by atoms with Crippen molar-refractivity contribution in [1.29, 1.82) is 0 Å². The molecule has 0 saturated carbocycles. The molecule has 1 N–H and O–H groups in total. The van der Waals surface area contributed by atoms with Crippen molar-refractivity contribution >= 4 is 34.5 Å². The van der Waals surface area contributed by atoms with Crippen LogP contribution in [0.1, 0.15) is 11.3 Å². The van der Waals surface area contributed by atoms with E-state index in [1.54, 1.807) is 0 Å². The predicted octanol–water partition coefficient (Wildman–Crippen LogP) is 4.11. The highest BCUT2D eigenvalue weighted by atomic mass is 35.5. The Morgan fingerprint density at radius 1 is 1.21 bits per heavy atom. The third kappa shape index (κ3) is 3.28. The summed E-state index contributed by atoms with van der Waals surface area (Å²) in [4.78, 5) is 10.7. The molecule has 0 spiro atoms. The van der Waals surface area contributed by atoms with E-state index in [0.717, 1.165) is 6.08 Å². The summed E-state index contributed by atoms with van der Waals surface area (Å²) in [6.45, 7) is 0.194. The van der Waals surface area contributed by atoms with E-state index in [-0.39, 0.29) is 11.6 Å². The second-order valence-electron chi connectivity index (χ2n) is 5.11. The maximum atomic E-state index is 13.6. The van der Waals surface area contributed by atoms with Crippen molar-refractivity contribution in [3.05, 3.63) is 70.4 Å². The molecule has 0 aliphatic carbocycles. The lowest BCUT2D eigenvalue weighted by Crippen LogP contribution is -2.03. The summed E-state index contributed by atoms with van der Waals surface area (Å²) in [5.74, 6) is -2.01. The van der Waals surface area contributed by atoms with Crippen LogP contribution in [0.2, 0.25) is 5.02 Å². The Kier molecular flexibility index (Phi) is 4.31. The number of aromatic nitrogens is 2. The van der Waals surface area contributed by atoms with Crippen molar-refractivity contribution < 1.29 is 18.7 Å². The second-order valence-corrected chi connectivity index (χ2v) is 5.52. The van der Waals surface area contributed by atoms with Gasteiger partial charge in [-0.1, -0.05) is 17.7 Å². The number of carboxylic acids is 1. The Hall–Kier alpha value is -2.73. The number of hydrogen-bond donors (Lipinski definition) is 1. The molecule has 122 valence electrons. The van der Waals surface area contributed by atoms with Gasteiger partial charge in [-0.25, -0.2) is 13.6 Å². The molecule has 0 saturated heterocycles. The maximum absolute atomic E-state index is 13.6. The van der Waals surface area contributed by atoms with Crippen molar-refractivity contribution in [1.82, 2.24) is 9.78 Å². The zero-order valence-corrected chi connectivity index (χ0v) is 13.0. The highest BCUT2D eigenvalue weighted by Crippen LogP contribution is 2.24. The summed E-state index contributed by atoms with van der Waals surface area (Å²) in [5, 5.41) is 13.9. The SMILES string of the molecule is O=C(O)/C=C/c1nn(Cc2ccc(F)cc2Cl)c2cc(F)ccc12. The zero-order chi connectivity index (χ0) is 17.3. The van der Waals surface area contributed by atoms with Gasteiger partial charge in [0.25, 0.3) is 0 Å². The zero-order valence-electron chi connectivity index (χ0n) is 12.2. The van der Waals surface area contributed by atoms with Gasteiger partial charge in [-0.3, -0.25) is 4.68 Å². The van der Waals surface area contributed by atoms with Crippen LogP contribution in [0.4, 0.5) is 8.78 Å². The highest BCUT2D eigenvalue weighted by molar-refractivity contribution is 6.31. The van der Waals surface area contributed by atoms with Crippen molar-refractivity contribution in [2.75, 3.05) is 0 Å². The van der Waals surface area contributed by atoms with Crippen LogP contribution in [0.5, 0.6) is 0 Å². The van der Waals surface area contributed by atoms with Gasteiger partial charge in [-0.05, 0) is 42.0 Å². The number of benzene rings is 2. The monoisotopic (exact) mass is 348 g/mol. The van der Waals surface area contributed by atoms with Gasteiger partial charge >= 0.3 is 5.97 Å². The summed E-state index contributed by atoms with van der Waals surface area (Å²) in [5.41, 5.74) is 1.49. The Bertz CT molecular complexity index is 967. The molecule has 0 aliphatic rings. The number of halogens is 3. The van der Waals surface area contributed by atoms with Gasteiger partial charge in [-0.2, -0.15) is 5.10 Å². The van der Waals surface area contributed by atoms with Crippen LogP contribution < -0.4 is 0 Å². The van der Waals surface area contributed by atoms with E-state index in [1.807, 2.05) is 0 Å². The molecule has 0 aliphatic heterocycles. The van der Waals surface area contributed by atoms with E-state index >= 15 is 0 Å². The fourth-order valence-electron chi connectivity index (χ4n) is 2.38. The molecule has 0 unspecified atom stereocenters. The van der Waals surface area contributed by atoms with Crippen LogP contribution >= 0.6 is 11.6 Å². The van der Waals surface area contributed by atoms with Gasteiger partial charge in [0.05, 0.1) is 17.8 Å². The molecule has 3 rings (SSSR count). The topological polar surface area (TPSA) is 55.1 Å². The van der Waals surface area contributed by atoms with Crippen molar-refractivity contribution in [3.8, 4) is 0 Å². The molecular weight excluding hydrogens is 338 g/mol. The average molecular weight is 349 g/mol. The van der Waals surface area contributed by atoms with Crippen LogP contribution in [-0.4, -0.2) is 20.9 Å². The quantitative estimate of drug-likeness (QED) is 0.722. The standard InChI is InChI=1S/C17H11ClF2N2O2/c18-14-7-11(19)2-1-10(14)9-22-16-8-12(20)3-4-13(16)15(21-22)5-6-17(23)24/h1-8H,9H2,(H,23,24)/b6-5+. The van der Waals surface area contributed by atoms with Crippen molar-refractivity contribution in [2.45, 2.75) is 6.54 Å². The third-order valence-electron chi connectivity index (χ3n) is 3.46. The molecular formula is C17H11ClF2N2O2. The third-order valence-corrected chi connectivity index (χ3v) is 3.81. The molecule has 2 aromatic carbocycles. The summed E-state index contributed by atoms with van der Waals surface area (Å²) in [6, 6.07) is 8.10. The van der Waals surface area contributed by atoms with Crippen LogP contribution in [0.3, 0.4) is 0 Å². The Balaban J connectivity index is 2.09. The molecule has 24 heavy (non-hydrogen) atoms. The van der Waals surface area contributed by atoms with Crippen LogP contribution in [0.25, 0.3) is 17.0 Å². The summed E-state index contributed by atoms with van der Waals surface area (Å²) in [7, 11) is 0. The van der Waals surface area contributed by atoms with E-state index in [9.17, 15) is 13.6 Å². The van der Waals surface area contributed by atoms with Gasteiger partial charge in [0.1, 0.15) is 11.6 Å². The van der Waals surface area contributed by atoms with Gasteiger partial charge < -0.3 is 5.11 Å². The number of carbonyl (C=O) groups is 1. The molecule has 3 aromatic rings. The van der Waals surface area contributed by atoms with Gasteiger partial charge in [0.2, 0.25) is 0 Å². The summed E-state index contributed by atoms with van der Waals surface area (Å²) < 4.78 is 28.2. The molecule has 4 nitrogen and oxygen atoms in total. The van der Waals surface area contributed by atoms with Crippen LogP contribution in [-0.2, 0) is 11.3 Å². The number of nitrogens with zero attached hydrogens (tertiary/aromatic N) is 2. The van der Waals surface area contributed by atoms with Gasteiger partial charge in [0, 0.05) is 16.5 Å². The lowest BCUT2D eigenvalue weighted by atomic mass is 10.2. The average Bonchev–Trinajstić information content (AvgIpc) is 2.85. The molecule has 0 radical (unpaired) electrons. The van der Waals surface area contributed by atoms with Crippen LogP contribution in [0.15, 0.2) is 42.5 Å². The lowest BCUT2D eigenvalue weighted by molar-refractivity contribution is -0.131. The smallest absolute Gasteiger partial charge is 0.328 e. The van der Waals surface area contributed by atoms with Crippen molar-refractivity contribution in [3.63, 3.8) is 0 Å². The van der Waals surface area contributed by atoms with E-state index in [0.29, 0.717) is 22.2 Å². The minimum Gasteiger partial charge on any atom is -0.478 e. The lowest BCUT2D eigenvalue weighted by Gasteiger charge is -2.06. The Morgan fingerprint density at radius 3 is 2.62 bits per heavy atom. The summed E-state index contributed by atoms with van der Waals surface area (Å²) in [6.07, 6.45) is 2.30. The number of rotatable bonds is 4. The fraction of sp³-hybridized carbons (Fsp3) is 0.0588. The highest BCUT2D eigenvalue weighted by Gasteiger charge is 2.12. The molecule has 0 bridgehead atoms. The Labute approximate surface area is 140 Å². The van der Waals surface area contributed by atoms with E-state index < -0.39 is 17.6 Å². The van der Waals surface area contributed by atoms with Gasteiger partial charge in [-0.15, -0.1) is 0 Å². The molecule has 0 amide bonds. The number of aliphatic carboxylic acids is 1. The maximum Gasteiger partial charge on any atom is 0.328 e. The first-order valence-electron chi connectivity index (χ1n) is 6.95. The minimum atomic E-state index is -1.11. The first kappa shape index (κ1) is 16.1. The summed E-state index contributed by atoms with van der Waals surface area (Å²) >= 11 is 6.02. The first-order chi connectivity index (χ1) is 11.4. The van der Waals surface area contributed by atoms with E-state index in [4.69, 9.17) is 16.7 Å².